The number of aliphatic hydroxyl groups is 1. The summed E-state index contributed by atoms with van der Waals surface area (Å²) in [5.74, 6) is -1.06. The number of benzene rings is 1. The molecular formula is C23H34N4O6. The number of urea groups is 1. The highest BCUT2D eigenvalue weighted by Crippen LogP contribution is 2.26. The van der Waals surface area contributed by atoms with Crippen molar-refractivity contribution in [2.45, 2.75) is 38.3 Å². The van der Waals surface area contributed by atoms with Gasteiger partial charge in [-0.25, -0.2) is 14.6 Å². The quantitative estimate of drug-likeness (QED) is 0.500. The van der Waals surface area contributed by atoms with E-state index in [1.54, 1.807) is 44.6 Å². The first-order valence-corrected chi connectivity index (χ1v) is 10.9. The second-order valence-corrected chi connectivity index (χ2v) is 8.42. The summed E-state index contributed by atoms with van der Waals surface area (Å²) in [4.78, 5) is 39.2. The lowest BCUT2D eigenvalue weighted by molar-refractivity contribution is -0.146. The zero-order chi connectivity index (χ0) is 24.5. The van der Waals surface area contributed by atoms with Gasteiger partial charge < -0.3 is 24.8 Å². The number of amides is 3. The number of carbonyl (C=O) groups is 3. The van der Waals surface area contributed by atoms with Gasteiger partial charge in [0.25, 0.3) is 5.91 Å². The van der Waals surface area contributed by atoms with Crippen LogP contribution in [0.5, 0.6) is 0 Å². The Morgan fingerprint density at radius 2 is 1.94 bits per heavy atom. The fourth-order valence-electron chi connectivity index (χ4n) is 3.61. The molecule has 0 radical (unpaired) electrons. The molecule has 182 valence electrons. The molecule has 2 rings (SSSR count). The third-order valence-corrected chi connectivity index (χ3v) is 5.25. The molecule has 10 nitrogen and oxygen atoms in total. The SMILES string of the molecule is COC1C=NN(C)C(=O)C1c1ccc(CC(NC(=O)N(C)CC(C)C)C(=O)OCCO)cc1. The minimum Gasteiger partial charge on any atom is -0.462 e. The van der Waals surface area contributed by atoms with Crippen molar-refractivity contribution in [3.05, 3.63) is 35.4 Å². The number of esters is 1. The average Bonchev–Trinajstić information content (AvgIpc) is 2.78. The molecule has 0 bridgehead atoms. The molecule has 0 aliphatic carbocycles. The van der Waals surface area contributed by atoms with Gasteiger partial charge in [-0.05, 0) is 17.0 Å². The molecule has 33 heavy (non-hydrogen) atoms. The number of carbonyl (C=O) groups excluding carboxylic acids is 3. The maximum atomic E-state index is 12.6. The Hall–Kier alpha value is -2.98. The highest BCUT2D eigenvalue weighted by Gasteiger charge is 2.34. The van der Waals surface area contributed by atoms with E-state index in [9.17, 15) is 14.4 Å². The minimum atomic E-state index is -0.925. The summed E-state index contributed by atoms with van der Waals surface area (Å²) in [6, 6.07) is 5.91. The van der Waals surface area contributed by atoms with Crippen LogP contribution >= 0.6 is 0 Å². The van der Waals surface area contributed by atoms with E-state index >= 15 is 0 Å². The summed E-state index contributed by atoms with van der Waals surface area (Å²) < 4.78 is 10.5. The van der Waals surface area contributed by atoms with Gasteiger partial charge in [-0.1, -0.05) is 38.1 Å². The van der Waals surface area contributed by atoms with Crippen LogP contribution in [-0.2, 0) is 25.5 Å². The molecule has 10 heteroatoms. The predicted molar refractivity (Wildman–Crippen MR) is 123 cm³/mol. The second kappa shape index (κ2) is 12.3. The molecule has 3 amide bonds. The van der Waals surface area contributed by atoms with Gasteiger partial charge in [-0.15, -0.1) is 0 Å². The Labute approximate surface area is 194 Å². The largest absolute Gasteiger partial charge is 0.462 e. The number of aliphatic hydroxyl groups excluding tert-OH is 1. The molecule has 1 heterocycles. The van der Waals surface area contributed by atoms with Crippen molar-refractivity contribution in [1.82, 2.24) is 15.2 Å². The van der Waals surface area contributed by atoms with E-state index in [1.807, 2.05) is 13.8 Å². The summed E-state index contributed by atoms with van der Waals surface area (Å²) in [6.45, 7) is 4.07. The number of hydrazone groups is 1. The number of nitrogens with one attached hydrogen (secondary N) is 1. The van der Waals surface area contributed by atoms with Crippen LogP contribution in [0.2, 0.25) is 0 Å². The van der Waals surface area contributed by atoms with Crippen LogP contribution in [0.15, 0.2) is 29.4 Å². The lowest BCUT2D eigenvalue weighted by atomic mass is 9.90. The van der Waals surface area contributed by atoms with Gasteiger partial charge in [-0.2, -0.15) is 5.10 Å². The van der Waals surface area contributed by atoms with Crippen LogP contribution in [0.4, 0.5) is 4.79 Å². The van der Waals surface area contributed by atoms with Crippen LogP contribution in [0, 0.1) is 5.92 Å². The molecule has 0 aromatic heterocycles. The summed E-state index contributed by atoms with van der Waals surface area (Å²) in [5.41, 5.74) is 1.53. The van der Waals surface area contributed by atoms with Gasteiger partial charge >= 0.3 is 12.0 Å². The standard InChI is InChI=1S/C23H34N4O6/c1-15(2)14-26(3)23(31)25-18(22(30)33-11-10-28)12-16-6-8-17(9-7-16)20-19(32-5)13-24-27(4)21(20)29/h6-9,13,15,18-20,28H,10-12,14H2,1-5H3,(H,25,31). The van der Waals surface area contributed by atoms with Crippen LogP contribution in [0.25, 0.3) is 0 Å². The fraction of sp³-hybridized carbons (Fsp3) is 0.565. The maximum Gasteiger partial charge on any atom is 0.329 e. The highest BCUT2D eigenvalue weighted by atomic mass is 16.5. The van der Waals surface area contributed by atoms with E-state index in [4.69, 9.17) is 14.6 Å². The Morgan fingerprint density at radius 1 is 1.27 bits per heavy atom. The molecule has 0 saturated heterocycles. The molecule has 1 aromatic carbocycles. The Balaban J connectivity index is 2.17. The Morgan fingerprint density at radius 3 is 2.52 bits per heavy atom. The topological polar surface area (TPSA) is 121 Å². The van der Waals surface area contributed by atoms with Crippen LogP contribution in [0.1, 0.15) is 30.9 Å². The van der Waals surface area contributed by atoms with E-state index in [2.05, 4.69) is 10.4 Å². The monoisotopic (exact) mass is 462 g/mol. The van der Waals surface area contributed by atoms with E-state index in [-0.39, 0.29) is 37.5 Å². The number of methoxy groups -OCH3 is 1. The number of hydrogen-bond donors (Lipinski definition) is 2. The first-order chi connectivity index (χ1) is 15.7. The van der Waals surface area contributed by atoms with Crippen molar-refractivity contribution < 1.29 is 29.0 Å². The maximum absolute atomic E-state index is 12.6. The second-order valence-electron chi connectivity index (χ2n) is 8.42. The highest BCUT2D eigenvalue weighted by molar-refractivity contribution is 5.91. The summed E-state index contributed by atoms with van der Waals surface area (Å²) in [5, 5.41) is 17.0. The van der Waals surface area contributed by atoms with E-state index in [1.165, 1.54) is 17.0 Å². The van der Waals surface area contributed by atoms with Crippen LogP contribution in [0.3, 0.4) is 0 Å². The van der Waals surface area contributed by atoms with E-state index in [0.717, 1.165) is 11.1 Å². The molecular weight excluding hydrogens is 428 g/mol. The number of hydrogen-bond acceptors (Lipinski definition) is 7. The van der Waals surface area contributed by atoms with Gasteiger partial charge in [0.1, 0.15) is 18.8 Å². The van der Waals surface area contributed by atoms with Crippen molar-refractivity contribution >= 4 is 24.1 Å². The first kappa shape index (κ1) is 26.3. The summed E-state index contributed by atoms with van der Waals surface area (Å²) >= 11 is 0. The van der Waals surface area contributed by atoms with Crippen molar-refractivity contribution in [2.75, 3.05) is 41.0 Å². The van der Waals surface area contributed by atoms with Crippen LogP contribution < -0.4 is 5.32 Å². The average molecular weight is 463 g/mol. The molecule has 1 aromatic rings. The van der Waals surface area contributed by atoms with Gasteiger partial charge in [0, 0.05) is 34.2 Å². The number of nitrogens with zero attached hydrogens (tertiary/aromatic N) is 3. The van der Waals surface area contributed by atoms with Gasteiger partial charge in [0.2, 0.25) is 0 Å². The fourth-order valence-corrected chi connectivity index (χ4v) is 3.61. The lowest BCUT2D eigenvalue weighted by Crippen LogP contribution is -2.49. The molecule has 1 aliphatic heterocycles. The summed E-state index contributed by atoms with van der Waals surface area (Å²) in [6.07, 6.45) is 1.31. The van der Waals surface area contributed by atoms with Gasteiger partial charge in [0.05, 0.1) is 18.7 Å². The van der Waals surface area contributed by atoms with Gasteiger partial charge in [-0.3, -0.25) is 4.79 Å². The lowest BCUT2D eigenvalue weighted by Gasteiger charge is -2.29. The normalized spacial score (nSPS) is 18.9. The smallest absolute Gasteiger partial charge is 0.329 e. The van der Waals surface area contributed by atoms with Gasteiger partial charge in [0.15, 0.2) is 0 Å². The third kappa shape index (κ3) is 7.26. The minimum absolute atomic E-state index is 0.150. The van der Waals surface area contributed by atoms with Crippen molar-refractivity contribution in [2.24, 2.45) is 11.0 Å². The predicted octanol–water partition coefficient (Wildman–Crippen LogP) is 0.987. The van der Waals surface area contributed by atoms with Crippen molar-refractivity contribution in [3.8, 4) is 0 Å². The van der Waals surface area contributed by atoms with Crippen LogP contribution in [-0.4, -0.2) is 92.2 Å². The number of ether oxygens (including phenoxy) is 2. The molecule has 0 saturated carbocycles. The molecule has 0 spiro atoms. The third-order valence-electron chi connectivity index (χ3n) is 5.25. The molecule has 1 aliphatic rings. The summed E-state index contributed by atoms with van der Waals surface area (Å²) in [7, 11) is 4.78. The van der Waals surface area contributed by atoms with Crippen molar-refractivity contribution in [1.29, 1.82) is 0 Å². The zero-order valence-electron chi connectivity index (χ0n) is 19.9. The van der Waals surface area contributed by atoms with E-state index in [0.29, 0.717) is 6.54 Å². The molecule has 0 fully saturated rings. The molecule has 2 N–H and O–H groups in total. The number of likely N-dealkylation sites (N-methyl/N-ethyl adjacent to an activating group) is 1. The van der Waals surface area contributed by atoms with Crippen molar-refractivity contribution in [3.63, 3.8) is 0 Å². The molecule has 3 atom stereocenters. The zero-order valence-corrected chi connectivity index (χ0v) is 19.9. The number of rotatable bonds is 10. The Kier molecular flexibility index (Phi) is 9.80. The van der Waals surface area contributed by atoms with E-state index < -0.39 is 24.0 Å². The molecule has 3 unspecified atom stereocenters. The first-order valence-electron chi connectivity index (χ1n) is 10.9. The Bertz CT molecular complexity index is 842.